The highest BCUT2D eigenvalue weighted by atomic mass is 16.2. The summed E-state index contributed by atoms with van der Waals surface area (Å²) in [5, 5.41) is 5.36. The van der Waals surface area contributed by atoms with Crippen molar-refractivity contribution in [2.24, 2.45) is 0 Å². The number of carbonyl (C=O) groups excluding carboxylic acids is 2. The van der Waals surface area contributed by atoms with Gasteiger partial charge in [-0.25, -0.2) is 0 Å². The number of aromatic amines is 1. The molecule has 136 valence electrons. The molecule has 0 aliphatic rings. The minimum absolute atomic E-state index is 0.147. The summed E-state index contributed by atoms with van der Waals surface area (Å²) in [6.45, 7) is 4.05. The second-order valence-corrected chi connectivity index (χ2v) is 6.00. The average Bonchev–Trinajstić information content (AvgIpc) is 2.60. The van der Waals surface area contributed by atoms with E-state index >= 15 is 0 Å². The summed E-state index contributed by atoms with van der Waals surface area (Å²) in [5.41, 5.74) is 2.90. The highest BCUT2D eigenvalue weighted by molar-refractivity contribution is 5.92. The first-order valence-corrected chi connectivity index (χ1v) is 8.43. The molecule has 0 fully saturated rings. The number of nitrogens with one attached hydrogen (secondary N) is 3. The standard InChI is InChI=1S/C20H23N3O3/c1-14-12-15(2)23-20(26)17(14)13-22-19(25)10-11-21-18(24)9-8-16-6-4-3-5-7-16/h3-9,12H,10-11,13H2,1-2H3,(H,21,24)(H,22,25)(H,23,26)/b9-8+. The van der Waals surface area contributed by atoms with Gasteiger partial charge in [0.25, 0.3) is 5.56 Å². The molecule has 0 radical (unpaired) electrons. The largest absolute Gasteiger partial charge is 0.352 e. The summed E-state index contributed by atoms with van der Waals surface area (Å²) in [4.78, 5) is 38.2. The molecule has 1 aromatic carbocycles. The fourth-order valence-electron chi connectivity index (χ4n) is 2.47. The Bertz CT molecular complexity index is 854. The lowest BCUT2D eigenvalue weighted by Gasteiger charge is -2.08. The molecule has 0 unspecified atom stereocenters. The molecule has 0 saturated carbocycles. The maximum atomic E-state index is 11.9. The number of aryl methyl sites for hydroxylation is 2. The zero-order chi connectivity index (χ0) is 18.9. The lowest BCUT2D eigenvalue weighted by molar-refractivity contribution is -0.121. The molecule has 1 aromatic heterocycles. The van der Waals surface area contributed by atoms with Gasteiger partial charge in [-0.15, -0.1) is 0 Å². The van der Waals surface area contributed by atoms with E-state index in [9.17, 15) is 14.4 Å². The number of hydrogen-bond donors (Lipinski definition) is 3. The van der Waals surface area contributed by atoms with Crippen LogP contribution < -0.4 is 16.2 Å². The van der Waals surface area contributed by atoms with Gasteiger partial charge < -0.3 is 15.6 Å². The van der Waals surface area contributed by atoms with Crippen molar-refractivity contribution in [1.82, 2.24) is 15.6 Å². The first-order valence-electron chi connectivity index (χ1n) is 8.43. The normalized spacial score (nSPS) is 10.7. The van der Waals surface area contributed by atoms with Crippen LogP contribution in [0.2, 0.25) is 0 Å². The number of benzene rings is 1. The van der Waals surface area contributed by atoms with Crippen molar-refractivity contribution in [3.05, 3.63) is 75.2 Å². The van der Waals surface area contributed by atoms with Gasteiger partial charge in [0.2, 0.25) is 11.8 Å². The van der Waals surface area contributed by atoms with Crippen molar-refractivity contribution in [2.45, 2.75) is 26.8 Å². The number of rotatable bonds is 7. The molecule has 6 nitrogen and oxygen atoms in total. The first kappa shape index (κ1) is 19.2. The Labute approximate surface area is 152 Å². The molecule has 0 bridgehead atoms. The van der Waals surface area contributed by atoms with E-state index in [4.69, 9.17) is 0 Å². The monoisotopic (exact) mass is 353 g/mol. The fourth-order valence-corrected chi connectivity index (χ4v) is 2.47. The molecule has 2 aromatic rings. The van der Waals surface area contributed by atoms with E-state index in [1.165, 1.54) is 6.08 Å². The number of carbonyl (C=O) groups is 2. The number of H-pyrrole nitrogens is 1. The minimum atomic E-state index is -0.257. The highest BCUT2D eigenvalue weighted by Gasteiger charge is 2.07. The molecule has 2 rings (SSSR count). The van der Waals surface area contributed by atoms with Crippen molar-refractivity contribution in [1.29, 1.82) is 0 Å². The summed E-state index contributed by atoms with van der Waals surface area (Å²) in [5.74, 6) is -0.482. The van der Waals surface area contributed by atoms with Crippen LogP contribution in [0.25, 0.3) is 6.08 Å². The molecule has 0 saturated heterocycles. The van der Waals surface area contributed by atoms with Crippen LogP contribution in [0.15, 0.2) is 47.3 Å². The molecule has 0 atom stereocenters. The molecular formula is C20H23N3O3. The van der Waals surface area contributed by atoms with Crippen molar-refractivity contribution in [3.63, 3.8) is 0 Å². The van der Waals surface area contributed by atoms with Crippen LogP contribution in [0.5, 0.6) is 0 Å². The molecule has 0 aliphatic carbocycles. The van der Waals surface area contributed by atoms with Gasteiger partial charge in [0, 0.05) is 36.8 Å². The predicted octanol–water partition coefficient (Wildman–Crippen LogP) is 1.83. The van der Waals surface area contributed by atoms with Crippen molar-refractivity contribution in [3.8, 4) is 0 Å². The van der Waals surface area contributed by atoms with E-state index in [1.54, 1.807) is 6.08 Å². The van der Waals surface area contributed by atoms with Crippen LogP contribution in [0.4, 0.5) is 0 Å². The topological polar surface area (TPSA) is 91.1 Å². The van der Waals surface area contributed by atoms with E-state index in [-0.39, 0.29) is 36.9 Å². The number of aromatic nitrogens is 1. The van der Waals surface area contributed by atoms with Gasteiger partial charge in [-0.1, -0.05) is 30.3 Å². The Morgan fingerprint density at radius 1 is 1.12 bits per heavy atom. The molecule has 3 N–H and O–H groups in total. The van der Waals surface area contributed by atoms with Gasteiger partial charge >= 0.3 is 0 Å². The van der Waals surface area contributed by atoms with Crippen LogP contribution in [0.3, 0.4) is 0 Å². The summed E-state index contributed by atoms with van der Waals surface area (Å²) in [6.07, 6.45) is 3.29. The van der Waals surface area contributed by atoms with Crippen LogP contribution in [0.1, 0.15) is 28.8 Å². The van der Waals surface area contributed by atoms with Crippen molar-refractivity contribution in [2.75, 3.05) is 6.54 Å². The molecule has 26 heavy (non-hydrogen) atoms. The average molecular weight is 353 g/mol. The van der Waals surface area contributed by atoms with Crippen LogP contribution >= 0.6 is 0 Å². The summed E-state index contributed by atoms with van der Waals surface area (Å²) >= 11 is 0. The molecule has 1 heterocycles. The molecule has 0 spiro atoms. The maximum absolute atomic E-state index is 11.9. The van der Waals surface area contributed by atoms with Gasteiger partial charge in [-0.05, 0) is 37.1 Å². The summed E-state index contributed by atoms with van der Waals surface area (Å²) in [6, 6.07) is 11.3. The smallest absolute Gasteiger partial charge is 0.253 e. The minimum Gasteiger partial charge on any atom is -0.352 e. The Hall–Kier alpha value is -3.15. The molecular weight excluding hydrogens is 330 g/mol. The third kappa shape index (κ3) is 6.05. The predicted molar refractivity (Wildman–Crippen MR) is 101 cm³/mol. The lowest BCUT2D eigenvalue weighted by Crippen LogP contribution is -2.31. The molecule has 2 amide bonds. The molecule has 0 aliphatic heterocycles. The quantitative estimate of drug-likeness (QED) is 0.663. The zero-order valence-corrected chi connectivity index (χ0v) is 15.0. The van der Waals surface area contributed by atoms with Crippen molar-refractivity contribution >= 4 is 17.9 Å². The van der Waals surface area contributed by atoms with Crippen LogP contribution in [-0.2, 0) is 16.1 Å². The Balaban J connectivity index is 1.73. The Kier molecular flexibility index (Phi) is 6.91. The van der Waals surface area contributed by atoms with Crippen LogP contribution in [-0.4, -0.2) is 23.3 Å². The molecule has 6 heteroatoms. The van der Waals surface area contributed by atoms with Gasteiger partial charge in [0.1, 0.15) is 0 Å². The Morgan fingerprint density at radius 2 is 1.85 bits per heavy atom. The van der Waals surface area contributed by atoms with E-state index in [1.807, 2.05) is 50.2 Å². The van der Waals surface area contributed by atoms with E-state index in [0.29, 0.717) is 5.56 Å². The first-order chi connectivity index (χ1) is 12.5. The van der Waals surface area contributed by atoms with Crippen LogP contribution in [0, 0.1) is 13.8 Å². The lowest BCUT2D eigenvalue weighted by atomic mass is 10.1. The number of hydrogen-bond acceptors (Lipinski definition) is 3. The van der Waals surface area contributed by atoms with Gasteiger partial charge in [-0.2, -0.15) is 0 Å². The second kappa shape index (κ2) is 9.36. The SMILES string of the molecule is Cc1cc(C)c(CNC(=O)CCNC(=O)/C=C/c2ccccc2)c(=O)[nH]1. The Morgan fingerprint density at radius 3 is 2.54 bits per heavy atom. The number of pyridine rings is 1. The summed E-state index contributed by atoms with van der Waals surface area (Å²) < 4.78 is 0. The van der Waals surface area contributed by atoms with E-state index in [2.05, 4.69) is 15.6 Å². The van der Waals surface area contributed by atoms with Gasteiger partial charge in [0.05, 0.1) is 0 Å². The highest BCUT2D eigenvalue weighted by Crippen LogP contribution is 2.03. The van der Waals surface area contributed by atoms with Crippen molar-refractivity contribution < 1.29 is 9.59 Å². The third-order valence-electron chi connectivity index (χ3n) is 3.83. The van der Waals surface area contributed by atoms with E-state index in [0.717, 1.165) is 16.8 Å². The van der Waals surface area contributed by atoms with Gasteiger partial charge in [-0.3, -0.25) is 14.4 Å². The number of amides is 2. The zero-order valence-electron chi connectivity index (χ0n) is 15.0. The fraction of sp³-hybridized carbons (Fsp3) is 0.250. The third-order valence-corrected chi connectivity index (χ3v) is 3.83. The second-order valence-electron chi connectivity index (χ2n) is 6.00. The summed E-state index contributed by atoms with van der Waals surface area (Å²) in [7, 11) is 0. The maximum Gasteiger partial charge on any atom is 0.253 e. The van der Waals surface area contributed by atoms with Gasteiger partial charge in [0.15, 0.2) is 0 Å². The van der Waals surface area contributed by atoms with E-state index < -0.39 is 0 Å².